The number of para-hydroxylation sites is 1. The summed E-state index contributed by atoms with van der Waals surface area (Å²) in [4.78, 5) is 0. The van der Waals surface area contributed by atoms with E-state index in [-0.39, 0.29) is 0 Å². The molecule has 0 spiro atoms. The molecule has 0 unspecified atom stereocenters. The van der Waals surface area contributed by atoms with Gasteiger partial charge in [-0.15, -0.1) is 0 Å². The molecule has 112 valence electrons. The van der Waals surface area contributed by atoms with Gasteiger partial charge in [0, 0.05) is 5.56 Å². The standard InChI is InChI=1S/C18H29NO/c1-18(2,3)15-9-11-16(12-10-15)19-13-14-7-5-6-8-17(14)20-4/h5-8,15-16,19H,9-13H2,1-4H3/p+1. The third-order valence-electron chi connectivity index (χ3n) is 4.86. The Bertz CT molecular complexity index is 414. The molecule has 2 rings (SSSR count). The lowest BCUT2D eigenvalue weighted by Gasteiger charge is -2.36. The Kier molecular flexibility index (Phi) is 5.09. The quantitative estimate of drug-likeness (QED) is 0.896. The van der Waals surface area contributed by atoms with Crippen LogP contribution in [0.1, 0.15) is 52.0 Å². The van der Waals surface area contributed by atoms with Crippen molar-refractivity contribution in [3.05, 3.63) is 29.8 Å². The highest BCUT2D eigenvalue weighted by atomic mass is 16.5. The minimum Gasteiger partial charge on any atom is -0.496 e. The van der Waals surface area contributed by atoms with E-state index in [4.69, 9.17) is 4.74 Å². The zero-order valence-electron chi connectivity index (χ0n) is 13.5. The number of benzene rings is 1. The first-order chi connectivity index (χ1) is 9.50. The van der Waals surface area contributed by atoms with Gasteiger partial charge in [-0.1, -0.05) is 32.9 Å². The number of quaternary nitrogens is 1. The van der Waals surface area contributed by atoms with Crippen LogP contribution in [0.25, 0.3) is 0 Å². The number of hydrogen-bond donors (Lipinski definition) is 1. The molecule has 0 radical (unpaired) electrons. The van der Waals surface area contributed by atoms with E-state index in [0.29, 0.717) is 5.41 Å². The Morgan fingerprint density at radius 2 is 1.75 bits per heavy atom. The number of methoxy groups -OCH3 is 1. The van der Waals surface area contributed by atoms with Crippen molar-refractivity contribution in [2.24, 2.45) is 11.3 Å². The molecule has 1 aliphatic rings. The monoisotopic (exact) mass is 276 g/mol. The van der Waals surface area contributed by atoms with Gasteiger partial charge in [-0.3, -0.25) is 0 Å². The fraction of sp³-hybridized carbons (Fsp3) is 0.667. The molecule has 20 heavy (non-hydrogen) atoms. The van der Waals surface area contributed by atoms with E-state index < -0.39 is 0 Å². The Hall–Kier alpha value is -1.02. The van der Waals surface area contributed by atoms with Crippen molar-refractivity contribution in [1.82, 2.24) is 0 Å². The van der Waals surface area contributed by atoms with E-state index in [0.717, 1.165) is 24.3 Å². The van der Waals surface area contributed by atoms with Crippen LogP contribution in [-0.2, 0) is 6.54 Å². The number of nitrogens with two attached hydrogens (primary N) is 1. The van der Waals surface area contributed by atoms with Gasteiger partial charge < -0.3 is 10.1 Å². The van der Waals surface area contributed by atoms with Gasteiger partial charge in [0.05, 0.1) is 13.2 Å². The minimum atomic E-state index is 0.480. The molecule has 1 aromatic rings. The lowest BCUT2D eigenvalue weighted by atomic mass is 9.71. The topological polar surface area (TPSA) is 25.8 Å². The molecule has 0 heterocycles. The van der Waals surface area contributed by atoms with Crippen molar-refractivity contribution in [1.29, 1.82) is 0 Å². The molecular formula is C18H30NO+. The van der Waals surface area contributed by atoms with E-state index >= 15 is 0 Å². The lowest BCUT2D eigenvalue weighted by molar-refractivity contribution is -0.707. The van der Waals surface area contributed by atoms with Crippen LogP contribution in [-0.4, -0.2) is 13.2 Å². The molecule has 1 aromatic carbocycles. The van der Waals surface area contributed by atoms with E-state index in [2.05, 4.69) is 44.3 Å². The van der Waals surface area contributed by atoms with Gasteiger partial charge in [0.1, 0.15) is 12.3 Å². The van der Waals surface area contributed by atoms with Gasteiger partial charge in [0.15, 0.2) is 0 Å². The summed E-state index contributed by atoms with van der Waals surface area (Å²) in [5, 5.41) is 2.51. The second-order valence-electron chi connectivity index (χ2n) is 7.23. The minimum absolute atomic E-state index is 0.480. The normalized spacial score (nSPS) is 23.6. The Morgan fingerprint density at radius 3 is 2.35 bits per heavy atom. The second-order valence-corrected chi connectivity index (χ2v) is 7.23. The molecule has 1 fully saturated rings. The first-order valence-corrected chi connectivity index (χ1v) is 7.96. The molecule has 1 saturated carbocycles. The number of ether oxygens (including phenoxy) is 1. The third-order valence-corrected chi connectivity index (χ3v) is 4.86. The second kappa shape index (κ2) is 6.62. The van der Waals surface area contributed by atoms with Crippen LogP contribution < -0.4 is 10.1 Å². The molecule has 0 atom stereocenters. The van der Waals surface area contributed by atoms with Gasteiger partial charge in [0.25, 0.3) is 0 Å². The summed E-state index contributed by atoms with van der Waals surface area (Å²) in [5.74, 6) is 1.92. The van der Waals surface area contributed by atoms with Crippen LogP contribution >= 0.6 is 0 Å². The smallest absolute Gasteiger partial charge is 0.127 e. The van der Waals surface area contributed by atoms with Crippen molar-refractivity contribution < 1.29 is 10.1 Å². The van der Waals surface area contributed by atoms with Gasteiger partial charge in [0.2, 0.25) is 0 Å². The van der Waals surface area contributed by atoms with Gasteiger partial charge in [-0.25, -0.2) is 0 Å². The summed E-state index contributed by atoms with van der Waals surface area (Å²) in [6.07, 6.45) is 5.49. The van der Waals surface area contributed by atoms with Crippen LogP contribution in [0.2, 0.25) is 0 Å². The Labute approximate surface area is 123 Å². The zero-order valence-corrected chi connectivity index (χ0v) is 13.5. The van der Waals surface area contributed by atoms with Crippen LogP contribution in [0.15, 0.2) is 24.3 Å². The molecule has 0 saturated heterocycles. The lowest BCUT2D eigenvalue weighted by Crippen LogP contribution is -2.88. The fourth-order valence-corrected chi connectivity index (χ4v) is 3.39. The first-order valence-electron chi connectivity index (χ1n) is 7.96. The van der Waals surface area contributed by atoms with Crippen LogP contribution in [0.3, 0.4) is 0 Å². The Balaban J connectivity index is 1.82. The third kappa shape index (κ3) is 3.99. The van der Waals surface area contributed by atoms with Crippen molar-refractivity contribution in [3.8, 4) is 5.75 Å². The van der Waals surface area contributed by atoms with E-state index in [1.165, 1.54) is 31.2 Å². The number of hydrogen-bond acceptors (Lipinski definition) is 1. The average molecular weight is 276 g/mol. The highest BCUT2D eigenvalue weighted by molar-refractivity contribution is 5.32. The summed E-state index contributed by atoms with van der Waals surface area (Å²) in [6.45, 7) is 8.19. The van der Waals surface area contributed by atoms with E-state index in [1.54, 1.807) is 7.11 Å². The maximum Gasteiger partial charge on any atom is 0.127 e. The molecule has 1 aliphatic carbocycles. The summed E-state index contributed by atoms with van der Waals surface area (Å²) in [7, 11) is 1.76. The summed E-state index contributed by atoms with van der Waals surface area (Å²) >= 11 is 0. The Morgan fingerprint density at radius 1 is 1.10 bits per heavy atom. The highest BCUT2D eigenvalue weighted by Crippen LogP contribution is 2.37. The zero-order chi connectivity index (χ0) is 14.6. The van der Waals surface area contributed by atoms with Gasteiger partial charge in [-0.2, -0.15) is 0 Å². The summed E-state index contributed by atoms with van der Waals surface area (Å²) in [5.41, 5.74) is 1.79. The predicted molar refractivity (Wildman–Crippen MR) is 83.8 cm³/mol. The van der Waals surface area contributed by atoms with Gasteiger partial charge >= 0.3 is 0 Å². The molecule has 0 aromatic heterocycles. The molecule has 0 amide bonds. The SMILES string of the molecule is COc1ccccc1C[NH2+]C1CCC(C(C)(C)C)CC1. The fourth-order valence-electron chi connectivity index (χ4n) is 3.39. The maximum absolute atomic E-state index is 5.43. The van der Waals surface area contributed by atoms with E-state index in [9.17, 15) is 0 Å². The highest BCUT2D eigenvalue weighted by Gasteiger charge is 2.30. The van der Waals surface area contributed by atoms with Crippen molar-refractivity contribution >= 4 is 0 Å². The van der Waals surface area contributed by atoms with Crippen LogP contribution in [0.4, 0.5) is 0 Å². The first kappa shape index (κ1) is 15.4. The molecule has 2 N–H and O–H groups in total. The van der Waals surface area contributed by atoms with Crippen LogP contribution in [0.5, 0.6) is 5.75 Å². The maximum atomic E-state index is 5.43. The number of rotatable bonds is 4. The van der Waals surface area contributed by atoms with Crippen molar-refractivity contribution in [3.63, 3.8) is 0 Å². The largest absolute Gasteiger partial charge is 0.496 e. The van der Waals surface area contributed by atoms with E-state index in [1.807, 2.05) is 6.07 Å². The van der Waals surface area contributed by atoms with Crippen molar-refractivity contribution in [2.45, 2.75) is 59.0 Å². The van der Waals surface area contributed by atoms with Crippen LogP contribution in [0, 0.1) is 11.3 Å². The molecular weight excluding hydrogens is 246 g/mol. The summed E-state index contributed by atoms with van der Waals surface area (Å²) < 4.78 is 5.43. The van der Waals surface area contributed by atoms with Gasteiger partial charge in [-0.05, 0) is 49.1 Å². The molecule has 2 heteroatoms. The average Bonchev–Trinajstić information content (AvgIpc) is 2.45. The summed E-state index contributed by atoms with van der Waals surface area (Å²) in [6, 6.07) is 9.16. The van der Waals surface area contributed by atoms with Crippen molar-refractivity contribution in [2.75, 3.05) is 7.11 Å². The predicted octanol–water partition coefficient (Wildman–Crippen LogP) is 3.36. The molecule has 2 nitrogen and oxygen atoms in total. The molecule has 0 aliphatic heterocycles. The molecule has 0 bridgehead atoms.